The van der Waals surface area contributed by atoms with Crippen LogP contribution in [0, 0.1) is 0 Å². The Labute approximate surface area is 143 Å². The van der Waals surface area contributed by atoms with Gasteiger partial charge in [0, 0.05) is 41.1 Å². The van der Waals surface area contributed by atoms with Crippen LogP contribution in [0.1, 0.15) is 24.0 Å². The van der Waals surface area contributed by atoms with Gasteiger partial charge in [-0.2, -0.15) is 0 Å². The predicted molar refractivity (Wildman–Crippen MR) is 97.8 cm³/mol. The van der Waals surface area contributed by atoms with E-state index in [1.807, 2.05) is 0 Å². The summed E-state index contributed by atoms with van der Waals surface area (Å²) in [5.74, 6) is 0. The number of para-hydroxylation sites is 1. The summed E-state index contributed by atoms with van der Waals surface area (Å²) >= 11 is 0. The third-order valence-corrected chi connectivity index (χ3v) is 5.38. The highest BCUT2D eigenvalue weighted by Gasteiger charge is 2.24. The highest BCUT2D eigenvalue weighted by Crippen LogP contribution is 2.16. The van der Waals surface area contributed by atoms with Crippen LogP contribution in [0.15, 0.2) is 60.8 Å². The molecular weight excluding hydrogens is 294 g/mol. The lowest BCUT2D eigenvalue weighted by atomic mass is 10.0. The number of benzene rings is 2. The van der Waals surface area contributed by atoms with Gasteiger partial charge in [0.25, 0.3) is 0 Å². The first kappa shape index (κ1) is 15.4. The van der Waals surface area contributed by atoms with Crippen molar-refractivity contribution in [1.82, 2.24) is 4.98 Å². The number of hydrogen-bond donors (Lipinski definition) is 3. The molecule has 1 fully saturated rings. The molecule has 3 heteroatoms. The molecule has 4 N–H and O–H groups in total. The number of nitrogens with two attached hydrogens (primary N) is 1. The summed E-state index contributed by atoms with van der Waals surface area (Å²) in [5.41, 5.74) is 4.15. The highest BCUT2D eigenvalue weighted by atomic mass is 15.1. The Kier molecular flexibility index (Phi) is 4.63. The van der Waals surface area contributed by atoms with Crippen molar-refractivity contribution in [3.05, 3.63) is 71.9 Å². The molecule has 0 radical (unpaired) electrons. The minimum Gasteiger partial charge on any atom is -0.361 e. The fraction of sp³-hybridized carbons (Fsp3) is 0.333. The zero-order chi connectivity index (χ0) is 16.2. The quantitative estimate of drug-likeness (QED) is 0.637. The van der Waals surface area contributed by atoms with E-state index in [-0.39, 0.29) is 0 Å². The molecular formula is C21H27N3+2. The lowest BCUT2D eigenvalue weighted by Gasteiger charge is -2.28. The number of rotatable bonds is 5. The van der Waals surface area contributed by atoms with E-state index < -0.39 is 0 Å². The Morgan fingerprint density at radius 2 is 1.71 bits per heavy atom. The maximum absolute atomic E-state index is 3.39. The molecule has 0 amide bonds. The molecule has 24 heavy (non-hydrogen) atoms. The van der Waals surface area contributed by atoms with Crippen molar-refractivity contribution in [2.24, 2.45) is 0 Å². The van der Waals surface area contributed by atoms with E-state index >= 15 is 0 Å². The van der Waals surface area contributed by atoms with Crippen LogP contribution in [0.4, 0.5) is 0 Å². The van der Waals surface area contributed by atoms with E-state index in [0.717, 1.165) is 12.6 Å². The molecule has 3 nitrogen and oxygen atoms in total. The number of likely N-dealkylation sites (tertiary alicyclic amines) is 1. The summed E-state index contributed by atoms with van der Waals surface area (Å²) in [6, 6.07) is 20.3. The molecule has 0 aliphatic carbocycles. The van der Waals surface area contributed by atoms with Crippen LogP contribution in [-0.2, 0) is 13.1 Å². The zero-order valence-corrected chi connectivity index (χ0v) is 14.2. The number of fused-ring (bicyclic) bond motifs is 1. The largest absolute Gasteiger partial charge is 0.361 e. The van der Waals surface area contributed by atoms with Gasteiger partial charge in [-0.05, 0) is 6.07 Å². The summed E-state index contributed by atoms with van der Waals surface area (Å²) in [4.78, 5) is 5.12. The molecule has 0 unspecified atom stereocenters. The fourth-order valence-corrected chi connectivity index (χ4v) is 3.94. The van der Waals surface area contributed by atoms with Crippen LogP contribution < -0.4 is 10.2 Å². The van der Waals surface area contributed by atoms with Gasteiger partial charge >= 0.3 is 0 Å². The number of nitrogens with one attached hydrogen (secondary N) is 2. The monoisotopic (exact) mass is 321 g/mol. The summed E-state index contributed by atoms with van der Waals surface area (Å²) in [6.45, 7) is 4.85. The van der Waals surface area contributed by atoms with Crippen LogP contribution in [0.2, 0.25) is 0 Å². The molecule has 1 saturated heterocycles. The van der Waals surface area contributed by atoms with Gasteiger partial charge in [0.1, 0.15) is 13.1 Å². The number of H-pyrrole nitrogens is 1. The SMILES string of the molecule is c1ccc(C[NH+]2CCC([NH2+]Cc3c[nH]c4ccccc34)CC2)cc1. The number of hydrogen-bond acceptors (Lipinski definition) is 0. The van der Waals surface area contributed by atoms with Crippen molar-refractivity contribution in [3.8, 4) is 0 Å². The maximum atomic E-state index is 3.39. The van der Waals surface area contributed by atoms with E-state index in [2.05, 4.69) is 71.1 Å². The van der Waals surface area contributed by atoms with E-state index in [0.29, 0.717) is 0 Å². The van der Waals surface area contributed by atoms with Crippen LogP contribution in [0.25, 0.3) is 10.9 Å². The van der Waals surface area contributed by atoms with E-state index in [1.54, 1.807) is 4.90 Å². The first-order chi connectivity index (χ1) is 11.9. The Morgan fingerprint density at radius 3 is 2.54 bits per heavy atom. The molecule has 0 saturated carbocycles. The lowest BCUT2D eigenvalue weighted by Crippen LogP contribution is -3.13. The molecule has 0 atom stereocenters. The summed E-state index contributed by atoms with van der Waals surface area (Å²) in [7, 11) is 0. The lowest BCUT2D eigenvalue weighted by molar-refractivity contribution is -0.926. The van der Waals surface area contributed by atoms with Gasteiger partial charge in [-0.3, -0.25) is 0 Å². The first-order valence-electron chi connectivity index (χ1n) is 9.14. The molecule has 0 bridgehead atoms. The predicted octanol–water partition coefficient (Wildman–Crippen LogP) is 1.48. The average molecular weight is 321 g/mol. The van der Waals surface area contributed by atoms with Crippen molar-refractivity contribution in [1.29, 1.82) is 0 Å². The maximum Gasteiger partial charge on any atom is 0.104 e. The molecule has 2 heterocycles. The summed E-state index contributed by atoms with van der Waals surface area (Å²) < 4.78 is 0. The van der Waals surface area contributed by atoms with Gasteiger partial charge in [-0.25, -0.2) is 0 Å². The molecule has 124 valence electrons. The molecule has 1 aliphatic heterocycles. The second kappa shape index (κ2) is 7.20. The minimum absolute atomic E-state index is 0.776. The molecule has 0 spiro atoms. The van der Waals surface area contributed by atoms with Crippen LogP contribution in [0.3, 0.4) is 0 Å². The Hall–Kier alpha value is -2.10. The second-order valence-corrected chi connectivity index (χ2v) is 7.05. The smallest absolute Gasteiger partial charge is 0.104 e. The fourth-order valence-electron chi connectivity index (χ4n) is 3.94. The molecule has 3 aromatic rings. The molecule has 1 aromatic heterocycles. The third-order valence-electron chi connectivity index (χ3n) is 5.38. The first-order valence-corrected chi connectivity index (χ1v) is 9.14. The van der Waals surface area contributed by atoms with E-state index in [1.165, 1.54) is 54.5 Å². The summed E-state index contributed by atoms with van der Waals surface area (Å²) in [5, 5.41) is 3.93. The highest BCUT2D eigenvalue weighted by molar-refractivity contribution is 5.82. The second-order valence-electron chi connectivity index (χ2n) is 7.05. The third kappa shape index (κ3) is 3.53. The summed E-state index contributed by atoms with van der Waals surface area (Å²) in [6.07, 6.45) is 4.83. The van der Waals surface area contributed by atoms with Gasteiger partial charge in [0.2, 0.25) is 0 Å². The van der Waals surface area contributed by atoms with Gasteiger partial charge in [0.05, 0.1) is 19.1 Å². The Bertz CT molecular complexity index is 770. The Balaban J connectivity index is 1.27. The van der Waals surface area contributed by atoms with Crippen LogP contribution in [-0.4, -0.2) is 24.1 Å². The van der Waals surface area contributed by atoms with Crippen molar-refractivity contribution in [3.63, 3.8) is 0 Å². The van der Waals surface area contributed by atoms with Crippen LogP contribution >= 0.6 is 0 Å². The van der Waals surface area contributed by atoms with Gasteiger partial charge in [-0.1, -0.05) is 48.5 Å². The zero-order valence-electron chi connectivity index (χ0n) is 14.2. The molecule has 4 rings (SSSR count). The van der Waals surface area contributed by atoms with Crippen LogP contribution in [0.5, 0.6) is 0 Å². The van der Waals surface area contributed by atoms with E-state index in [9.17, 15) is 0 Å². The number of aromatic amines is 1. The average Bonchev–Trinajstić information content (AvgIpc) is 3.05. The van der Waals surface area contributed by atoms with E-state index in [4.69, 9.17) is 0 Å². The number of piperidine rings is 1. The van der Waals surface area contributed by atoms with Crippen molar-refractivity contribution < 1.29 is 10.2 Å². The normalized spacial score (nSPS) is 21.2. The van der Waals surface area contributed by atoms with Crippen molar-refractivity contribution >= 4 is 10.9 Å². The standard InChI is InChI=1S/C21H25N3/c1-2-6-17(7-3-1)16-24-12-10-19(11-13-24)22-14-18-15-23-21-9-5-4-8-20(18)21/h1-9,15,19,22-23H,10-14,16H2/p+2. The number of quaternary nitrogens is 2. The van der Waals surface area contributed by atoms with Gasteiger partial charge < -0.3 is 15.2 Å². The molecule has 2 aromatic carbocycles. The number of aromatic nitrogens is 1. The molecule has 1 aliphatic rings. The Morgan fingerprint density at radius 1 is 0.958 bits per heavy atom. The van der Waals surface area contributed by atoms with Crippen molar-refractivity contribution in [2.75, 3.05) is 13.1 Å². The minimum atomic E-state index is 0.776. The topological polar surface area (TPSA) is 36.8 Å². The van der Waals surface area contributed by atoms with Crippen molar-refractivity contribution in [2.45, 2.75) is 32.0 Å². The van der Waals surface area contributed by atoms with Gasteiger partial charge in [-0.15, -0.1) is 0 Å². The van der Waals surface area contributed by atoms with Gasteiger partial charge in [0.15, 0.2) is 0 Å².